The van der Waals surface area contributed by atoms with Gasteiger partial charge in [0.25, 0.3) is 0 Å². The maximum atomic E-state index is 12.5. The minimum atomic E-state index is -3.46. The smallest absolute Gasteiger partial charge is 0.243 e. The molecular formula is C13H22N2O2S. The molecule has 0 heterocycles. The Labute approximate surface area is 110 Å². The lowest BCUT2D eigenvalue weighted by atomic mass is 10.2. The summed E-state index contributed by atoms with van der Waals surface area (Å²) in [6.45, 7) is 5.72. The Morgan fingerprint density at radius 2 is 1.83 bits per heavy atom. The molecule has 102 valence electrons. The Morgan fingerprint density at radius 3 is 2.33 bits per heavy atom. The Bertz CT molecular complexity index is 508. The maximum absolute atomic E-state index is 12.5. The molecule has 2 N–H and O–H groups in total. The van der Waals surface area contributed by atoms with Crippen LogP contribution in [0.15, 0.2) is 23.1 Å². The third-order valence-electron chi connectivity index (χ3n) is 3.44. The topological polar surface area (TPSA) is 63.4 Å². The first-order chi connectivity index (χ1) is 8.36. The number of rotatable bonds is 5. The number of nitrogens with zero attached hydrogens (tertiary/aromatic N) is 1. The SMILES string of the molecule is CCC(CC)N(C)S(=O)(=O)c1cccc(N)c1C. The second-order valence-corrected chi connectivity index (χ2v) is 6.43. The van der Waals surface area contributed by atoms with Gasteiger partial charge in [-0.3, -0.25) is 0 Å². The summed E-state index contributed by atoms with van der Waals surface area (Å²) in [6, 6.07) is 5.03. The monoisotopic (exact) mass is 270 g/mol. The third-order valence-corrected chi connectivity index (χ3v) is 5.49. The first kappa shape index (κ1) is 15.0. The first-order valence-corrected chi connectivity index (χ1v) is 7.63. The summed E-state index contributed by atoms with van der Waals surface area (Å²) in [4.78, 5) is 0.303. The van der Waals surface area contributed by atoms with Gasteiger partial charge in [-0.1, -0.05) is 19.9 Å². The largest absolute Gasteiger partial charge is 0.398 e. The lowest BCUT2D eigenvalue weighted by molar-refractivity contribution is 0.349. The van der Waals surface area contributed by atoms with Gasteiger partial charge >= 0.3 is 0 Å². The molecule has 0 spiro atoms. The van der Waals surface area contributed by atoms with Crippen LogP contribution in [0.2, 0.25) is 0 Å². The number of anilines is 1. The highest BCUT2D eigenvalue weighted by molar-refractivity contribution is 7.89. The van der Waals surface area contributed by atoms with E-state index in [9.17, 15) is 8.42 Å². The maximum Gasteiger partial charge on any atom is 0.243 e. The highest BCUT2D eigenvalue weighted by atomic mass is 32.2. The van der Waals surface area contributed by atoms with Crippen molar-refractivity contribution in [3.63, 3.8) is 0 Å². The Balaban J connectivity index is 3.25. The first-order valence-electron chi connectivity index (χ1n) is 6.19. The van der Waals surface area contributed by atoms with Gasteiger partial charge in [0.05, 0.1) is 4.90 Å². The zero-order valence-electron chi connectivity index (χ0n) is 11.5. The summed E-state index contributed by atoms with van der Waals surface area (Å²) in [5.74, 6) is 0. The predicted molar refractivity (Wildman–Crippen MR) is 74.9 cm³/mol. The van der Waals surface area contributed by atoms with Crippen molar-refractivity contribution in [2.45, 2.75) is 44.6 Å². The molecule has 0 radical (unpaired) electrons. The molecule has 5 heteroatoms. The van der Waals surface area contributed by atoms with Crippen molar-refractivity contribution in [2.24, 2.45) is 0 Å². The van der Waals surface area contributed by atoms with E-state index in [1.165, 1.54) is 4.31 Å². The van der Waals surface area contributed by atoms with Gasteiger partial charge in [0.15, 0.2) is 0 Å². The molecule has 0 bridgehead atoms. The highest BCUT2D eigenvalue weighted by Crippen LogP contribution is 2.25. The molecule has 0 aliphatic carbocycles. The average molecular weight is 270 g/mol. The molecule has 0 saturated heterocycles. The van der Waals surface area contributed by atoms with Crippen LogP contribution >= 0.6 is 0 Å². The molecule has 0 amide bonds. The minimum Gasteiger partial charge on any atom is -0.398 e. The molecule has 1 rings (SSSR count). The molecule has 0 aliphatic rings. The summed E-state index contributed by atoms with van der Waals surface area (Å²) in [5, 5.41) is 0. The fraction of sp³-hybridized carbons (Fsp3) is 0.538. The van der Waals surface area contributed by atoms with Crippen molar-refractivity contribution in [3.8, 4) is 0 Å². The van der Waals surface area contributed by atoms with E-state index in [-0.39, 0.29) is 6.04 Å². The lowest BCUT2D eigenvalue weighted by Crippen LogP contribution is -2.36. The summed E-state index contributed by atoms with van der Waals surface area (Å²) in [5.41, 5.74) is 6.90. The zero-order chi connectivity index (χ0) is 13.9. The fourth-order valence-corrected chi connectivity index (χ4v) is 3.82. The Morgan fingerprint density at radius 1 is 1.28 bits per heavy atom. The molecule has 0 fully saturated rings. The molecule has 4 nitrogen and oxygen atoms in total. The van der Waals surface area contributed by atoms with Crippen LogP contribution in [0, 0.1) is 6.92 Å². The minimum absolute atomic E-state index is 0.0239. The van der Waals surface area contributed by atoms with Crippen LogP contribution in [-0.2, 0) is 10.0 Å². The van der Waals surface area contributed by atoms with E-state index in [4.69, 9.17) is 5.73 Å². The van der Waals surface area contributed by atoms with Crippen LogP contribution in [0.25, 0.3) is 0 Å². The number of benzene rings is 1. The molecule has 1 aromatic rings. The van der Waals surface area contributed by atoms with E-state index in [2.05, 4.69) is 0 Å². The number of nitrogen functional groups attached to an aromatic ring is 1. The fourth-order valence-electron chi connectivity index (χ4n) is 2.07. The van der Waals surface area contributed by atoms with Gasteiger partial charge in [-0.15, -0.1) is 0 Å². The van der Waals surface area contributed by atoms with Crippen LogP contribution in [-0.4, -0.2) is 25.8 Å². The van der Waals surface area contributed by atoms with Gasteiger partial charge in [0.1, 0.15) is 0 Å². The van der Waals surface area contributed by atoms with Crippen molar-refractivity contribution >= 4 is 15.7 Å². The molecule has 0 saturated carbocycles. The van der Waals surface area contributed by atoms with Crippen LogP contribution in [0.3, 0.4) is 0 Å². The zero-order valence-corrected chi connectivity index (χ0v) is 12.3. The van der Waals surface area contributed by atoms with Gasteiger partial charge in [-0.25, -0.2) is 8.42 Å². The average Bonchev–Trinajstić information content (AvgIpc) is 2.33. The highest BCUT2D eigenvalue weighted by Gasteiger charge is 2.27. The van der Waals surface area contributed by atoms with E-state index in [0.29, 0.717) is 16.1 Å². The van der Waals surface area contributed by atoms with Crippen molar-refractivity contribution in [2.75, 3.05) is 12.8 Å². The van der Waals surface area contributed by atoms with Crippen molar-refractivity contribution in [1.82, 2.24) is 4.31 Å². The van der Waals surface area contributed by atoms with Crippen LogP contribution in [0.4, 0.5) is 5.69 Å². The molecule has 18 heavy (non-hydrogen) atoms. The second-order valence-electron chi connectivity index (χ2n) is 4.46. The molecule has 1 aromatic carbocycles. The van der Waals surface area contributed by atoms with Gasteiger partial charge in [-0.05, 0) is 37.5 Å². The third kappa shape index (κ3) is 2.67. The van der Waals surface area contributed by atoms with E-state index < -0.39 is 10.0 Å². The standard InChI is InChI=1S/C13H22N2O2S/c1-5-11(6-2)15(4)18(16,17)13-9-7-8-12(14)10(13)3/h7-9,11H,5-6,14H2,1-4H3. The van der Waals surface area contributed by atoms with E-state index in [1.54, 1.807) is 32.2 Å². The van der Waals surface area contributed by atoms with Crippen LogP contribution < -0.4 is 5.73 Å². The molecule has 0 atom stereocenters. The summed E-state index contributed by atoms with van der Waals surface area (Å²) < 4.78 is 26.5. The Hall–Kier alpha value is -1.07. The van der Waals surface area contributed by atoms with Crippen LogP contribution in [0.1, 0.15) is 32.3 Å². The van der Waals surface area contributed by atoms with Crippen molar-refractivity contribution in [1.29, 1.82) is 0 Å². The number of sulfonamides is 1. The van der Waals surface area contributed by atoms with Gasteiger partial charge in [0.2, 0.25) is 10.0 Å². The summed E-state index contributed by atoms with van der Waals surface area (Å²) >= 11 is 0. The molecule has 0 aromatic heterocycles. The van der Waals surface area contributed by atoms with Gasteiger partial charge in [-0.2, -0.15) is 4.31 Å². The predicted octanol–water partition coefficient (Wildman–Crippen LogP) is 2.39. The van der Waals surface area contributed by atoms with Crippen molar-refractivity contribution < 1.29 is 8.42 Å². The quantitative estimate of drug-likeness (QED) is 0.836. The molecule has 0 unspecified atom stereocenters. The lowest BCUT2D eigenvalue weighted by Gasteiger charge is -2.26. The molecule has 0 aliphatic heterocycles. The summed E-state index contributed by atoms with van der Waals surface area (Å²) in [6.07, 6.45) is 1.60. The van der Waals surface area contributed by atoms with E-state index >= 15 is 0 Å². The number of hydrogen-bond acceptors (Lipinski definition) is 3. The van der Waals surface area contributed by atoms with E-state index in [1.807, 2.05) is 13.8 Å². The van der Waals surface area contributed by atoms with E-state index in [0.717, 1.165) is 12.8 Å². The van der Waals surface area contributed by atoms with Gasteiger partial charge in [0, 0.05) is 18.8 Å². The second kappa shape index (κ2) is 5.71. The Kier molecular flexibility index (Phi) is 4.76. The summed E-state index contributed by atoms with van der Waals surface area (Å²) in [7, 11) is -1.83. The number of nitrogens with two attached hydrogens (primary N) is 1. The van der Waals surface area contributed by atoms with Crippen molar-refractivity contribution in [3.05, 3.63) is 23.8 Å². The van der Waals surface area contributed by atoms with Gasteiger partial charge < -0.3 is 5.73 Å². The van der Waals surface area contributed by atoms with Crippen LogP contribution in [0.5, 0.6) is 0 Å². The number of hydrogen-bond donors (Lipinski definition) is 1. The molecular weight excluding hydrogens is 248 g/mol. The normalized spacial score (nSPS) is 12.3.